The summed E-state index contributed by atoms with van der Waals surface area (Å²) in [5.41, 5.74) is 0. The molecule has 103 heavy (non-hydrogen) atoms. The number of carbonyl (C=O) groups excluding carboxylic acids is 3. The number of rotatable bonds is 75. The van der Waals surface area contributed by atoms with Crippen molar-refractivity contribution in [2.24, 2.45) is 0 Å². The van der Waals surface area contributed by atoms with E-state index in [1.54, 1.807) is 0 Å². The number of phosphoric acid groups is 2. The molecule has 0 saturated heterocycles. The Hall–Kier alpha value is -4.57. The van der Waals surface area contributed by atoms with Gasteiger partial charge in [-0.1, -0.05) is 308 Å². The number of phosphoric ester groups is 2. The fraction of sp³-hybridized carbons (Fsp3) is 0.682. The van der Waals surface area contributed by atoms with E-state index in [1.807, 2.05) is 0 Å². The van der Waals surface area contributed by atoms with Crippen LogP contribution < -0.4 is 0 Å². The van der Waals surface area contributed by atoms with Crippen LogP contribution in [0.4, 0.5) is 0 Å². The highest BCUT2D eigenvalue weighted by molar-refractivity contribution is 7.47. The molecule has 0 heterocycles. The Morgan fingerprint density at radius 2 is 0.515 bits per heavy atom. The van der Waals surface area contributed by atoms with Gasteiger partial charge in [0.2, 0.25) is 0 Å². The molecule has 0 bridgehead atoms. The first-order valence-electron chi connectivity index (χ1n) is 40.1. The molecule has 0 aliphatic heterocycles. The third-order valence-electron chi connectivity index (χ3n) is 16.5. The lowest BCUT2D eigenvalue weighted by Gasteiger charge is -2.21. The van der Waals surface area contributed by atoms with Gasteiger partial charge in [-0.15, -0.1) is 0 Å². The molecule has 0 aliphatic rings. The Morgan fingerprint density at radius 1 is 0.282 bits per heavy atom. The van der Waals surface area contributed by atoms with Crippen molar-refractivity contribution in [3.05, 3.63) is 146 Å². The van der Waals surface area contributed by atoms with Gasteiger partial charge in [-0.3, -0.25) is 32.5 Å². The van der Waals surface area contributed by atoms with Crippen molar-refractivity contribution < 1.29 is 75.8 Å². The summed E-state index contributed by atoms with van der Waals surface area (Å²) in [4.78, 5) is 58.5. The van der Waals surface area contributed by atoms with E-state index in [0.717, 1.165) is 154 Å². The SMILES string of the molecule is CC/C=C\C/C=C\C/C=C\C/C=C\C/C=C\CCCCCCCCCCCCCCCCCCCCCC(=O)OCC(O)COP(=O)(O)OCC(O)COP(=O)(O)OCC(COC(=O)CCCCC/C=C\C/C=C\C/C=C\C/C=C\C/C=C\CC)OC(=O)CCCCCCC/C=C\C/C=C\CCC. The van der Waals surface area contributed by atoms with E-state index in [4.69, 9.17) is 32.3 Å². The van der Waals surface area contributed by atoms with Crippen LogP contribution in [0.15, 0.2) is 146 Å². The van der Waals surface area contributed by atoms with Gasteiger partial charge in [-0.05, 0) is 135 Å². The fourth-order valence-electron chi connectivity index (χ4n) is 10.5. The lowest BCUT2D eigenvalue weighted by atomic mass is 10.0. The van der Waals surface area contributed by atoms with Crippen LogP contribution in [0.1, 0.15) is 316 Å². The van der Waals surface area contributed by atoms with Crippen LogP contribution in [0.5, 0.6) is 0 Å². The van der Waals surface area contributed by atoms with Crippen molar-refractivity contribution in [2.45, 2.75) is 334 Å². The molecule has 0 aromatic heterocycles. The van der Waals surface area contributed by atoms with Gasteiger partial charge in [-0.25, -0.2) is 9.13 Å². The molecular weight excluding hydrogens is 1340 g/mol. The molecule has 0 aliphatic carbocycles. The van der Waals surface area contributed by atoms with E-state index < -0.39 is 91.5 Å². The average Bonchev–Trinajstić information content (AvgIpc) is 0.925. The first-order valence-corrected chi connectivity index (χ1v) is 43.1. The molecule has 0 amide bonds. The van der Waals surface area contributed by atoms with Gasteiger partial charge in [-0.2, -0.15) is 0 Å². The number of allylic oxidation sites excluding steroid dienone is 24. The lowest BCUT2D eigenvalue weighted by molar-refractivity contribution is -0.161. The lowest BCUT2D eigenvalue weighted by Crippen LogP contribution is -2.30. The third kappa shape index (κ3) is 78.3. The Bertz CT molecular complexity index is 2450. The van der Waals surface area contributed by atoms with Crippen LogP contribution in [0.25, 0.3) is 0 Å². The van der Waals surface area contributed by atoms with Gasteiger partial charge in [0.25, 0.3) is 0 Å². The second-order valence-corrected chi connectivity index (χ2v) is 29.4. The van der Waals surface area contributed by atoms with Crippen LogP contribution in [0.2, 0.25) is 0 Å². The van der Waals surface area contributed by atoms with Crippen molar-refractivity contribution in [1.29, 1.82) is 0 Å². The van der Waals surface area contributed by atoms with Gasteiger partial charge in [0.05, 0.1) is 26.4 Å². The normalized spacial score (nSPS) is 14.7. The molecule has 0 fully saturated rings. The number of ether oxygens (including phenoxy) is 3. The Kier molecular flexibility index (Phi) is 73.6. The molecule has 0 radical (unpaired) electrons. The zero-order chi connectivity index (χ0) is 75.2. The van der Waals surface area contributed by atoms with Crippen LogP contribution in [-0.4, -0.2) is 95.9 Å². The van der Waals surface area contributed by atoms with Crippen molar-refractivity contribution in [3.63, 3.8) is 0 Å². The van der Waals surface area contributed by atoms with Crippen LogP contribution in [-0.2, 0) is 55.8 Å². The zero-order valence-electron chi connectivity index (χ0n) is 64.4. The highest BCUT2D eigenvalue weighted by Gasteiger charge is 2.29. The Balaban J connectivity index is 4.39. The van der Waals surface area contributed by atoms with Gasteiger partial charge in [0.1, 0.15) is 25.4 Å². The number of carbonyl (C=O) groups is 3. The van der Waals surface area contributed by atoms with Crippen molar-refractivity contribution >= 4 is 33.6 Å². The molecule has 5 atom stereocenters. The molecule has 4 N–H and O–H groups in total. The summed E-state index contributed by atoms with van der Waals surface area (Å²) in [6.07, 6.45) is 95.0. The topological polar surface area (TPSA) is 231 Å². The summed E-state index contributed by atoms with van der Waals surface area (Å²) in [7, 11) is -9.80. The van der Waals surface area contributed by atoms with E-state index in [9.17, 15) is 43.5 Å². The van der Waals surface area contributed by atoms with E-state index in [2.05, 4.69) is 167 Å². The highest BCUT2D eigenvalue weighted by Crippen LogP contribution is 2.45. The zero-order valence-corrected chi connectivity index (χ0v) is 66.2. The first-order chi connectivity index (χ1) is 50.2. The maximum absolute atomic E-state index is 12.9. The third-order valence-corrected chi connectivity index (χ3v) is 18.4. The number of unbranched alkanes of at least 4 members (excludes halogenated alkanes) is 28. The van der Waals surface area contributed by atoms with Gasteiger partial charge in [0, 0.05) is 19.3 Å². The van der Waals surface area contributed by atoms with Gasteiger partial charge < -0.3 is 34.2 Å². The first kappa shape index (κ1) is 98.4. The van der Waals surface area contributed by atoms with Gasteiger partial charge in [0.15, 0.2) is 6.10 Å². The predicted octanol–water partition coefficient (Wildman–Crippen LogP) is 23.7. The number of hydrogen-bond acceptors (Lipinski definition) is 14. The van der Waals surface area contributed by atoms with E-state index in [1.165, 1.54) is 103 Å². The number of esters is 3. The summed E-state index contributed by atoms with van der Waals surface area (Å²) < 4.78 is 61.0. The minimum absolute atomic E-state index is 0.0776. The molecule has 0 aromatic carbocycles. The van der Waals surface area contributed by atoms with Crippen LogP contribution in [0, 0.1) is 0 Å². The number of aliphatic hydroxyl groups excluding tert-OH is 2. The van der Waals surface area contributed by atoms with Crippen molar-refractivity contribution in [2.75, 3.05) is 39.6 Å². The number of hydrogen-bond donors (Lipinski definition) is 4. The molecule has 0 spiro atoms. The summed E-state index contributed by atoms with van der Waals surface area (Å²) in [6.45, 7) is 2.33. The largest absolute Gasteiger partial charge is 0.472 e. The predicted molar refractivity (Wildman–Crippen MR) is 426 cm³/mol. The van der Waals surface area contributed by atoms with E-state index in [-0.39, 0.29) is 19.3 Å². The second-order valence-electron chi connectivity index (χ2n) is 26.5. The van der Waals surface area contributed by atoms with Crippen LogP contribution >= 0.6 is 15.6 Å². The summed E-state index contributed by atoms with van der Waals surface area (Å²) in [5.74, 6) is -1.63. The molecule has 16 nitrogen and oxygen atoms in total. The van der Waals surface area contributed by atoms with Crippen molar-refractivity contribution in [1.82, 2.24) is 0 Å². The van der Waals surface area contributed by atoms with Crippen molar-refractivity contribution in [3.8, 4) is 0 Å². The van der Waals surface area contributed by atoms with E-state index >= 15 is 0 Å². The summed E-state index contributed by atoms with van der Waals surface area (Å²) >= 11 is 0. The second kappa shape index (κ2) is 77.1. The molecule has 0 rings (SSSR count). The minimum atomic E-state index is -4.94. The maximum Gasteiger partial charge on any atom is 0.472 e. The smallest absolute Gasteiger partial charge is 0.463 e. The maximum atomic E-state index is 12.9. The Labute approximate surface area is 626 Å². The minimum Gasteiger partial charge on any atom is -0.463 e. The highest BCUT2D eigenvalue weighted by atomic mass is 31.2. The fourth-order valence-corrected chi connectivity index (χ4v) is 12.1. The quantitative estimate of drug-likeness (QED) is 0.0146. The molecular formula is C85H144O16P2. The average molecular weight is 1480 g/mol. The van der Waals surface area contributed by atoms with Crippen LogP contribution in [0.3, 0.4) is 0 Å². The monoisotopic (exact) mass is 1480 g/mol. The molecule has 18 heteroatoms. The van der Waals surface area contributed by atoms with E-state index in [0.29, 0.717) is 19.3 Å². The molecule has 0 saturated carbocycles. The standard InChI is InChI=1S/C85H144O16P2/c1-4-7-10-13-16-19-22-25-27-29-31-32-33-34-35-36-37-38-39-40-41-42-43-44-45-46-48-50-51-54-56-59-62-65-68-71-83(88)95-74-80(86)75-97-102(91,92)98-76-81(87)77-99-103(93,94)100-79-82(101-85(90)73-70-67-64-61-58-53-24-21-18-15-12-9-6-3)78-96-84(89)72-69-66-63-60-57-55-52-49-47-30-28-26-23-20-17-14-11-8-5-2/h7-8,10-12,15-17,19-21,24-28,31-32,34-35,47,49,55,57,80-82,86-87H,4-6,9,13-14,18,22-23,29-30,33,36-46,48,50-54,56,58-79H2,1-3H3,(H,91,92)(H,93,94)/b10-7-,11-8-,15-12-,19-16-,20-17-,24-21-,27-25-,28-26-,32-31-,35-34-,49-47-,57-55-. The summed E-state index contributed by atoms with van der Waals surface area (Å²) in [6, 6.07) is 0. The molecule has 590 valence electrons. The summed E-state index contributed by atoms with van der Waals surface area (Å²) in [5, 5.41) is 20.6. The molecule has 0 aromatic rings. The molecule has 5 unspecified atom stereocenters. The van der Waals surface area contributed by atoms with Gasteiger partial charge >= 0.3 is 33.6 Å². The number of aliphatic hydroxyl groups is 2. The Morgan fingerprint density at radius 3 is 0.825 bits per heavy atom.